The third-order valence-electron chi connectivity index (χ3n) is 2.14. The van der Waals surface area contributed by atoms with Crippen LogP contribution in [0.4, 0.5) is 4.79 Å². The zero-order valence-electron chi connectivity index (χ0n) is 12.8. The minimum Gasteiger partial charge on any atom is -0.497 e. The van der Waals surface area contributed by atoms with E-state index in [4.69, 9.17) is 9.47 Å². The van der Waals surface area contributed by atoms with Crippen LogP contribution < -0.4 is 0 Å². The normalized spacial score (nSPS) is 12.9. The van der Waals surface area contributed by atoms with Gasteiger partial charge in [0.05, 0.1) is 7.11 Å². The minimum atomic E-state index is -0.540. The molecule has 0 atom stereocenters. The summed E-state index contributed by atoms with van der Waals surface area (Å²) in [6.07, 6.45) is 5.53. The van der Waals surface area contributed by atoms with Gasteiger partial charge < -0.3 is 9.47 Å². The van der Waals surface area contributed by atoms with Crippen molar-refractivity contribution in [3.05, 3.63) is 36.4 Å². The van der Waals surface area contributed by atoms with Crippen LogP contribution in [0, 0.1) is 0 Å². The molecule has 1 amide bonds. The van der Waals surface area contributed by atoms with Gasteiger partial charge in [0, 0.05) is 11.9 Å². The molecule has 0 heterocycles. The summed E-state index contributed by atoms with van der Waals surface area (Å²) in [5.41, 5.74) is 0.146. The van der Waals surface area contributed by atoms with Crippen LogP contribution in [0.1, 0.15) is 41.0 Å². The molecule has 4 nitrogen and oxygen atoms in total. The quantitative estimate of drug-likeness (QED) is 0.553. The number of hydrogen-bond donors (Lipinski definition) is 0. The average molecular weight is 267 g/mol. The van der Waals surface area contributed by atoms with Gasteiger partial charge >= 0.3 is 6.09 Å². The topological polar surface area (TPSA) is 38.8 Å². The molecule has 0 saturated carbocycles. The van der Waals surface area contributed by atoms with Gasteiger partial charge in [-0.3, -0.25) is 4.90 Å². The highest BCUT2D eigenvalue weighted by molar-refractivity contribution is 5.71. The Balaban J connectivity index is 5.05. The highest BCUT2D eigenvalue weighted by atomic mass is 16.6. The second-order valence-electron chi connectivity index (χ2n) is 5.04. The van der Waals surface area contributed by atoms with Gasteiger partial charge in [-0.05, 0) is 46.3 Å². The molecule has 0 rings (SSSR count). The number of ether oxygens (including phenoxy) is 2. The molecule has 0 bridgehead atoms. The molecule has 0 saturated heterocycles. The second-order valence-corrected chi connectivity index (χ2v) is 5.04. The van der Waals surface area contributed by atoms with Gasteiger partial charge in [0.15, 0.2) is 0 Å². The number of amides is 1. The van der Waals surface area contributed by atoms with Gasteiger partial charge in [-0.25, -0.2) is 4.79 Å². The summed E-state index contributed by atoms with van der Waals surface area (Å²) < 4.78 is 10.5. The smallest absolute Gasteiger partial charge is 0.418 e. The Morgan fingerprint density at radius 1 is 1.37 bits per heavy atom. The summed E-state index contributed by atoms with van der Waals surface area (Å²) in [5, 5.41) is 0. The van der Waals surface area contributed by atoms with Crippen molar-refractivity contribution in [1.82, 2.24) is 4.90 Å². The Morgan fingerprint density at radius 3 is 2.32 bits per heavy atom. The summed E-state index contributed by atoms with van der Waals surface area (Å²) >= 11 is 0. The van der Waals surface area contributed by atoms with Gasteiger partial charge in [-0.15, -0.1) is 0 Å². The SMILES string of the molecule is C=CN(C(=O)OC(C)(C)C)/C(C)=C/C(=C\CC)OC. The van der Waals surface area contributed by atoms with Gasteiger partial charge in [0.1, 0.15) is 11.4 Å². The number of carbonyl (C=O) groups is 1. The summed E-state index contributed by atoms with van der Waals surface area (Å²) in [7, 11) is 1.59. The Labute approximate surface area is 116 Å². The summed E-state index contributed by atoms with van der Waals surface area (Å²) in [4.78, 5) is 13.3. The first-order chi connectivity index (χ1) is 8.75. The largest absolute Gasteiger partial charge is 0.497 e. The fourth-order valence-corrected chi connectivity index (χ4v) is 1.35. The van der Waals surface area contributed by atoms with Crippen molar-refractivity contribution in [1.29, 1.82) is 0 Å². The lowest BCUT2D eigenvalue weighted by Crippen LogP contribution is -2.32. The van der Waals surface area contributed by atoms with E-state index in [1.54, 1.807) is 20.1 Å². The maximum atomic E-state index is 12.0. The lowest BCUT2D eigenvalue weighted by Gasteiger charge is -2.25. The van der Waals surface area contributed by atoms with E-state index in [1.165, 1.54) is 11.1 Å². The van der Waals surface area contributed by atoms with Gasteiger partial charge in [-0.1, -0.05) is 13.5 Å². The van der Waals surface area contributed by atoms with E-state index in [-0.39, 0.29) is 0 Å². The molecule has 0 fully saturated rings. The zero-order valence-corrected chi connectivity index (χ0v) is 12.8. The van der Waals surface area contributed by atoms with Crippen molar-refractivity contribution in [3.8, 4) is 0 Å². The molecule has 0 unspecified atom stereocenters. The highest BCUT2D eigenvalue weighted by Gasteiger charge is 2.21. The maximum absolute atomic E-state index is 12.0. The number of methoxy groups -OCH3 is 1. The van der Waals surface area contributed by atoms with Crippen LogP contribution in [0.15, 0.2) is 36.4 Å². The van der Waals surface area contributed by atoms with Crippen molar-refractivity contribution in [3.63, 3.8) is 0 Å². The summed E-state index contributed by atoms with van der Waals surface area (Å²) in [6, 6.07) is 0. The van der Waals surface area contributed by atoms with E-state index >= 15 is 0 Å². The first-order valence-corrected chi connectivity index (χ1v) is 6.32. The molecule has 0 aromatic heterocycles. The highest BCUT2D eigenvalue weighted by Crippen LogP contribution is 2.15. The van der Waals surface area contributed by atoms with Gasteiger partial charge in [0.25, 0.3) is 0 Å². The maximum Gasteiger partial charge on any atom is 0.418 e. The van der Waals surface area contributed by atoms with Gasteiger partial charge in [0.2, 0.25) is 0 Å². The van der Waals surface area contributed by atoms with Crippen LogP contribution in [0.3, 0.4) is 0 Å². The van der Waals surface area contributed by atoms with E-state index in [0.29, 0.717) is 11.5 Å². The predicted molar refractivity (Wildman–Crippen MR) is 77.4 cm³/mol. The van der Waals surface area contributed by atoms with E-state index in [1.807, 2.05) is 33.8 Å². The second kappa shape index (κ2) is 7.67. The third kappa shape index (κ3) is 6.70. The summed E-state index contributed by atoms with van der Waals surface area (Å²) in [5.74, 6) is 0.704. The molecular formula is C15H25NO3. The van der Waals surface area contributed by atoms with Crippen molar-refractivity contribution < 1.29 is 14.3 Å². The molecule has 0 aliphatic heterocycles. The van der Waals surface area contributed by atoms with Gasteiger partial charge in [-0.2, -0.15) is 0 Å². The van der Waals surface area contributed by atoms with Crippen molar-refractivity contribution in [2.24, 2.45) is 0 Å². The van der Waals surface area contributed by atoms with Crippen LogP contribution in [-0.2, 0) is 9.47 Å². The van der Waals surface area contributed by atoms with Crippen LogP contribution in [0.5, 0.6) is 0 Å². The predicted octanol–water partition coefficient (Wildman–Crippen LogP) is 4.21. The first kappa shape index (κ1) is 17.3. The van der Waals surface area contributed by atoms with Crippen LogP contribution in [0.25, 0.3) is 0 Å². The molecular weight excluding hydrogens is 242 g/mol. The molecule has 0 aliphatic carbocycles. The van der Waals surface area contributed by atoms with Crippen molar-refractivity contribution >= 4 is 6.09 Å². The average Bonchev–Trinajstić information content (AvgIpc) is 2.26. The Hall–Kier alpha value is -1.71. The molecule has 0 aromatic rings. The van der Waals surface area contributed by atoms with E-state index in [0.717, 1.165) is 6.42 Å². The standard InChI is InChI=1S/C15H25NO3/c1-8-10-13(18-7)11-12(3)16(9-2)14(17)19-15(4,5)6/h9-11H,2,8H2,1,3-7H3/b12-11+,13-10+. The Kier molecular flexibility index (Phi) is 6.98. The summed E-state index contributed by atoms with van der Waals surface area (Å²) in [6.45, 7) is 12.9. The van der Waals surface area contributed by atoms with Crippen LogP contribution in [-0.4, -0.2) is 23.7 Å². The van der Waals surface area contributed by atoms with E-state index < -0.39 is 11.7 Å². The van der Waals surface area contributed by atoms with Crippen molar-refractivity contribution in [2.75, 3.05) is 7.11 Å². The number of rotatable bonds is 5. The molecule has 108 valence electrons. The Morgan fingerprint density at radius 2 is 1.95 bits per heavy atom. The monoisotopic (exact) mass is 267 g/mol. The lowest BCUT2D eigenvalue weighted by atomic mass is 10.2. The molecule has 0 N–H and O–H groups in total. The number of hydrogen-bond acceptors (Lipinski definition) is 3. The number of allylic oxidation sites excluding steroid dienone is 3. The Bertz CT molecular complexity index is 375. The molecule has 4 heteroatoms. The fraction of sp³-hybridized carbons (Fsp3) is 0.533. The number of nitrogens with zero attached hydrogens (tertiary/aromatic N) is 1. The van der Waals surface area contributed by atoms with Crippen LogP contribution in [0.2, 0.25) is 0 Å². The molecule has 19 heavy (non-hydrogen) atoms. The molecule has 0 aliphatic rings. The molecule has 0 spiro atoms. The number of carbonyl (C=O) groups excluding carboxylic acids is 1. The zero-order chi connectivity index (χ0) is 15.1. The minimum absolute atomic E-state index is 0.455. The molecule has 0 aromatic carbocycles. The van der Waals surface area contributed by atoms with Crippen LogP contribution >= 0.6 is 0 Å². The first-order valence-electron chi connectivity index (χ1n) is 6.32. The molecule has 0 radical (unpaired) electrons. The fourth-order valence-electron chi connectivity index (χ4n) is 1.35. The van der Waals surface area contributed by atoms with E-state index in [2.05, 4.69) is 6.58 Å². The van der Waals surface area contributed by atoms with Crippen molar-refractivity contribution in [2.45, 2.75) is 46.6 Å². The van der Waals surface area contributed by atoms with E-state index in [9.17, 15) is 4.79 Å². The third-order valence-corrected chi connectivity index (χ3v) is 2.14. The lowest BCUT2D eigenvalue weighted by molar-refractivity contribution is 0.0383.